The number of anilines is 2. The number of aryl methyl sites for hydroxylation is 1. The number of para-hydroxylation sites is 1. The zero-order valence-corrected chi connectivity index (χ0v) is 16.7. The van der Waals surface area contributed by atoms with E-state index < -0.39 is 0 Å². The van der Waals surface area contributed by atoms with E-state index in [0.717, 1.165) is 40.9 Å². The zero-order valence-electron chi connectivity index (χ0n) is 16.7. The van der Waals surface area contributed by atoms with E-state index in [1.54, 1.807) is 10.9 Å². The fraction of sp³-hybridized carbons (Fsp3) is 0.208. The smallest absolute Gasteiger partial charge is 0.261 e. The van der Waals surface area contributed by atoms with Crippen LogP contribution in [0.2, 0.25) is 0 Å². The summed E-state index contributed by atoms with van der Waals surface area (Å²) < 4.78 is 1.78. The number of nitrogens with zero attached hydrogens (tertiary/aromatic N) is 2. The van der Waals surface area contributed by atoms with Gasteiger partial charge in [0.2, 0.25) is 0 Å². The van der Waals surface area contributed by atoms with Gasteiger partial charge in [0.15, 0.2) is 5.78 Å². The van der Waals surface area contributed by atoms with Gasteiger partial charge in [-0.05, 0) is 43.0 Å². The number of ketones is 1. The van der Waals surface area contributed by atoms with Crippen molar-refractivity contribution in [1.82, 2.24) is 9.78 Å². The molecule has 150 valence electrons. The van der Waals surface area contributed by atoms with Crippen LogP contribution in [0.3, 0.4) is 0 Å². The normalized spacial score (nSPS) is 17.8. The van der Waals surface area contributed by atoms with Gasteiger partial charge in [0.25, 0.3) is 5.91 Å². The van der Waals surface area contributed by atoms with Gasteiger partial charge in [-0.2, -0.15) is 5.10 Å². The van der Waals surface area contributed by atoms with Crippen molar-refractivity contribution in [2.75, 3.05) is 10.6 Å². The summed E-state index contributed by atoms with van der Waals surface area (Å²) in [6.07, 6.45) is 3.72. The first-order valence-corrected chi connectivity index (χ1v) is 10.2. The summed E-state index contributed by atoms with van der Waals surface area (Å²) in [7, 11) is 0. The molecule has 6 heteroatoms. The second-order valence-electron chi connectivity index (χ2n) is 7.72. The molecule has 0 unspecified atom stereocenters. The Hall–Kier alpha value is -3.67. The van der Waals surface area contributed by atoms with Crippen LogP contribution in [0.1, 0.15) is 46.8 Å². The highest BCUT2D eigenvalue weighted by Crippen LogP contribution is 2.42. The maximum Gasteiger partial charge on any atom is 0.261 e. The summed E-state index contributed by atoms with van der Waals surface area (Å²) in [6.45, 7) is 2.04. The lowest BCUT2D eigenvalue weighted by Crippen LogP contribution is -2.32. The minimum absolute atomic E-state index is 0.147. The fourth-order valence-corrected chi connectivity index (χ4v) is 4.33. The molecule has 30 heavy (non-hydrogen) atoms. The van der Waals surface area contributed by atoms with E-state index in [-0.39, 0.29) is 17.7 Å². The largest absolute Gasteiger partial charge is 0.343 e. The summed E-state index contributed by atoms with van der Waals surface area (Å²) >= 11 is 0. The maximum atomic E-state index is 13.0. The number of carbonyl (C=O) groups excluding carboxylic acids is 2. The van der Waals surface area contributed by atoms with E-state index >= 15 is 0 Å². The molecular formula is C24H22N4O2. The van der Waals surface area contributed by atoms with E-state index in [4.69, 9.17) is 0 Å². The van der Waals surface area contributed by atoms with E-state index in [0.29, 0.717) is 17.8 Å². The molecule has 2 aromatic carbocycles. The van der Waals surface area contributed by atoms with Gasteiger partial charge < -0.3 is 10.6 Å². The number of allylic oxidation sites excluding steroid dienone is 2. The highest BCUT2D eigenvalue weighted by Gasteiger charge is 2.38. The van der Waals surface area contributed by atoms with E-state index in [1.165, 1.54) is 0 Å². The Morgan fingerprint density at radius 3 is 2.67 bits per heavy atom. The fourth-order valence-electron chi connectivity index (χ4n) is 4.33. The predicted molar refractivity (Wildman–Crippen MR) is 115 cm³/mol. The highest BCUT2D eigenvalue weighted by molar-refractivity contribution is 6.08. The van der Waals surface area contributed by atoms with Crippen molar-refractivity contribution in [3.63, 3.8) is 0 Å². The molecule has 0 bridgehead atoms. The van der Waals surface area contributed by atoms with E-state index in [9.17, 15) is 9.59 Å². The summed E-state index contributed by atoms with van der Waals surface area (Å²) in [6, 6.07) is 17.0. The van der Waals surface area contributed by atoms with Gasteiger partial charge in [0.05, 0.1) is 6.20 Å². The molecule has 2 N–H and O–H groups in total. The maximum absolute atomic E-state index is 13.0. The molecular weight excluding hydrogens is 376 g/mol. The number of rotatable bonds is 3. The van der Waals surface area contributed by atoms with E-state index in [1.807, 2.05) is 61.5 Å². The Morgan fingerprint density at radius 2 is 1.87 bits per heavy atom. The third kappa shape index (κ3) is 3.01. The average Bonchev–Trinajstić information content (AvgIpc) is 3.17. The molecule has 5 rings (SSSR count). The summed E-state index contributed by atoms with van der Waals surface area (Å²) in [5.41, 5.74) is 4.97. The van der Waals surface area contributed by atoms with Crippen molar-refractivity contribution in [3.8, 4) is 0 Å². The lowest BCUT2D eigenvalue weighted by atomic mass is 9.84. The number of nitrogens with one attached hydrogen (secondary N) is 2. The first-order valence-electron chi connectivity index (χ1n) is 10.2. The van der Waals surface area contributed by atoms with Crippen molar-refractivity contribution in [2.24, 2.45) is 0 Å². The van der Waals surface area contributed by atoms with Crippen LogP contribution in [0.5, 0.6) is 0 Å². The molecule has 0 spiro atoms. The van der Waals surface area contributed by atoms with Crippen LogP contribution in [0.4, 0.5) is 11.5 Å². The predicted octanol–water partition coefficient (Wildman–Crippen LogP) is 4.47. The second kappa shape index (κ2) is 7.30. The van der Waals surface area contributed by atoms with Crippen LogP contribution < -0.4 is 10.6 Å². The van der Waals surface area contributed by atoms with Gasteiger partial charge in [-0.15, -0.1) is 0 Å². The molecule has 1 aliphatic carbocycles. The zero-order chi connectivity index (χ0) is 20.7. The number of hydrogen-bond acceptors (Lipinski definition) is 4. The lowest BCUT2D eigenvalue weighted by Gasteiger charge is -2.34. The number of Topliss-reactive ketones (excluding diaryl/α,β-unsaturated/α-hetero) is 1. The number of hydrogen-bond donors (Lipinski definition) is 2. The summed E-state index contributed by atoms with van der Waals surface area (Å²) in [5.74, 6) is 0.545. The molecule has 0 saturated heterocycles. The molecule has 0 radical (unpaired) electrons. The van der Waals surface area contributed by atoms with Crippen molar-refractivity contribution in [2.45, 2.75) is 32.2 Å². The number of benzene rings is 2. The van der Waals surface area contributed by atoms with E-state index in [2.05, 4.69) is 15.7 Å². The minimum atomic E-state index is -0.330. The highest BCUT2D eigenvalue weighted by atomic mass is 16.1. The van der Waals surface area contributed by atoms with Gasteiger partial charge in [-0.1, -0.05) is 42.5 Å². The first-order chi connectivity index (χ1) is 14.6. The summed E-state index contributed by atoms with van der Waals surface area (Å²) in [5, 5.41) is 10.8. The Labute approximate surface area is 174 Å². The van der Waals surface area contributed by atoms with Gasteiger partial charge >= 0.3 is 0 Å². The van der Waals surface area contributed by atoms with Crippen LogP contribution in [0.15, 0.2) is 72.1 Å². The van der Waals surface area contributed by atoms with Crippen LogP contribution >= 0.6 is 0 Å². The standard InChI is InChI=1S/C24H22N4O2/c1-15-8-5-6-11-17(15)22-21-19(12-7-13-20(21)29)27-23-18(14-25-28(22)23)24(30)26-16-9-3-2-4-10-16/h2-6,8-11,14,22,27H,7,12-13H2,1H3,(H,26,30)/t22-/m1/s1. The molecule has 2 heterocycles. The molecule has 3 aromatic rings. The Bertz CT molecular complexity index is 1180. The molecule has 1 aromatic heterocycles. The minimum Gasteiger partial charge on any atom is -0.343 e. The van der Waals surface area contributed by atoms with Crippen molar-refractivity contribution < 1.29 is 9.59 Å². The molecule has 2 aliphatic rings. The number of fused-ring (bicyclic) bond motifs is 1. The Kier molecular flexibility index (Phi) is 4.47. The third-order valence-corrected chi connectivity index (χ3v) is 5.80. The van der Waals surface area contributed by atoms with Gasteiger partial charge in [-0.25, -0.2) is 4.68 Å². The van der Waals surface area contributed by atoms with Gasteiger partial charge in [0.1, 0.15) is 17.4 Å². The molecule has 0 saturated carbocycles. The van der Waals surface area contributed by atoms with Crippen molar-refractivity contribution in [1.29, 1.82) is 0 Å². The lowest BCUT2D eigenvalue weighted by molar-refractivity contribution is -0.116. The molecule has 6 nitrogen and oxygen atoms in total. The monoisotopic (exact) mass is 398 g/mol. The first kappa shape index (κ1) is 18.4. The molecule has 0 fully saturated rings. The molecule has 1 aliphatic heterocycles. The molecule has 1 atom stereocenters. The SMILES string of the molecule is Cc1ccccc1[C@@H]1C2=C(CCCC2=O)Nc2c(C(=O)Nc3ccccc3)cnn21. The Balaban J connectivity index is 1.61. The number of carbonyl (C=O) groups is 2. The number of amides is 1. The summed E-state index contributed by atoms with van der Waals surface area (Å²) in [4.78, 5) is 25.9. The van der Waals surface area contributed by atoms with Crippen LogP contribution in [0, 0.1) is 6.92 Å². The van der Waals surface area contributed by atoms with Crippen molar-refractivity contribution >= 4 is 23.2 Å². The quantitative estimate of drug-likeness (QED) is 0.683. The molecule has 1 amide bonds. The van der Waals surface area contributed by atoms with Crippen molar-refractivity contribution in [3.05, 3.63) is 88.8 Å². The average molecular weight is 398 g/mol. The Morgan fingerprint density at radius 1 is 1.10 bits per heavy atom. The van der Waals surface area contributed by atoms with Crippen LogP contribution in [0.25, 0.3) is 0 Å². The number of aromatic nitrogens is 2. The van der Waals surface area contributed by atoms with Gasteiger partial charge in [-0.3, -0.25) is 9.59 Å². The third-order valence-electron chi connectivity index (χ3n) is 5.80. The van der Waals surface area contributed by atoms with Gasteiger partial charge in [0, 0.05) is 23.4 Å². The van der Waals surface area contributed by atoms with Crippen LogP contribution in [-0.4, -0.2) is 21.5 Å². The van der Waals surface area contributed by atoms with Crippen LogP contribution in [-0.2, 0) is 4.79 Å². The second-order valence-corrected chi connectivity index (χ2v) is 7.72. The topological polar surface area (TPSA) is 76.0 Å².